The minimum Gasteiger partial charge on any atom is -0.480 e. The Labute approximate surface area is 155 Å². The number of benzene rings is 1. The zero-order valence-corrected chi connectivity index (χ0v) is 14.6. The third-order valence-corrected chi connectivity index (χ3v) is 3.92. The molecule has 27 heavy (non-hydrogen) atoms. The average Bonchev–Trinajstić information content (AvgIpc) is 2.61. The summed E-state index contributed by atoms with van der Waals surface area (Å²) in [5.41, 5.74) is 5.27. The van der Waals surface area contributed by atoms with Crippen LogP contribution in [0, 0.1) is 39.9 Å². The fourth-order valence-corrected chi connectivity index (χ4v) is 2.75. The molecule has 0 saturated carbocycles. The van der Waals surface area contributed by atoms with Gasteiger partial charge in [0, 0.05) is 19.8 Å². The molecule has 1 aliphatic heterocycles. The van der Waals surface area contributed by atoms with Gasteiger partial charge in [-0.1, -0.05) is 30.3 Å². The van der Waals surface area contributed by atoms with Gasteiger partial charge in [-0.05, 0) is 5.56 Å². The Morgan fingerprint density at radius 2 is 1.74 bits per heavy atom. The number of nitrogens with two attached hydrogens (primary N) is 1. The van der Waals surface area contributed by atoms with Gasteiger partial charge < -0.3 is 20.3 Å². The van der Waals surface area contributed by atoms with Crippen LogP contribution in [0.1, 0.15) is 25.3 Å². The molecule has 0 spiro atoms. The number of carbonyl (C=O) groups excluding carboxylic acids is 1. The number of rotatable bonds is 4. The molecule has 0 bridgehead atoms. The number of carbonyl (C=O) groups is 1. The normalized spacial score (nSPS) is 17.2. The van der Waals surface area contributed by atoms with E-state index in [0.29, 0.717) is 5.56 Å². The molecule has 8 heteroatoms. The van der Waals surface area contributed by atoms with Gasteiger partial charge in [0.05, 0.1) is 17.7 Å². The molecular formula is C19H16N4O4. The van der Waals surface area contributed by atoms with Gasteiger partial charge in [0.1, 0.15) is 23.3 Å². The van der Waals surface area contributed by atoms with Crippen molar-refractivity contribution in [3.8, 4) is 18.2 Å². The molecule has 1 aromatic rings. The number of aliphatic hydroxyl groups is 1. The molecular weight excluding hydrogens is 348 g/mol. The molecule has 2 atom stereocenters. The molecule has 8 nitrogen and oxygen atoms in total. The summed E-state index contributed by atoms with van der Waals surface area (Å²) in [6, 6.07) is 13.5. The van der Waals surface area contributed by atoms with Crippen molar-refractivity contribution in [3.05, 3.63) is 58.7 Å². The van der Waals surface area contributed by atoms with E-state index in [1.807, 2.05) is 6.07 Å². The van der Waals surface area contributed by atoms with Crippen LogP contribution in [0.2, 0.25) is 0 Å². The largest absolute Gasteiger partial charge is 0.480 e. The predicted molar refractivity (Wildman–Crippen MR) is 91.6 cm³/mol. The lowest BCUT2D eigenvalue weighted by atomic mass is 9.78. The van der Waals surface area contributed by atoms with Gasteiger partial charge in [0.15, 0.2) is 0 Å². The SMILES string of the molecule is CC1(C)OC(=O)C([C@H](c2ccccc2)[C@@H](C#N)C(N)=C(C#N)C#N)=C(O)O1. The van der Waals surface area contributed by atoms with E-state index in [4.69, 9.17) is 25.7 Å². The van der Waals surface area contributed by atoms with Crippen LogP contribution in [0.3, 0.4) is 0 Å². The fourth-order valence-electron chi connectivity index (χ4n) is 2.75. The van der Waals surface area contributed by atoms with Crippen molar-refractivity contribution in [1.82, 2.24) is 0 Å². The Balaban J connectivity index is 2.73. The maximum Gasteiger partial charge on any atom is 0.345 e. The highest BCUT2D eigenvalue weighted by Gasteiger charge is 2.44. The monoisotopic (exact) mass is 364 g/mol. The predicted octanol–water partition coefficient (Wildman–Crippen LogP) is 2.25. The Bertz CT molecular complexity index is 927. The number of allylic oxidation sites excluding steroid dienone is 2. The molecule has 1 aliphatic rings. The molecule has 0 fully saturated rings. The minimum absolute atomic E-state index is 0.311. The van der Waals surface area contributed by atoms with E-state index >= 15 is 0 Å². The molecule has 0 aromatic heterocycles. The highest BCUT2D eigenvalue weighted by atomic mass is 16.8. The fraction of sp³-hybridized carbons (Fsp3) is 0.263. The van der Waals surface area contributed by atoms with Crippen molar-refractivity contribution in [1.29, 1.82) is 15.8 Å². The van der Waals surface area contributed by atoms with Crippen molar-refractivity contribution >= 4 is 5.97 Å². The average molecular weight is 364 g/mol. The van der Waals surface area contributed by atoms with Crippen molar-refractivity contribution in [2.75, 3.05) is 0 Å². The van der Waals surface area contributed by atoms with E-state index in [1.165, 1.54) is 13.8 Å². The standard InChI is InChI=1S/C19H16N4O4/c1-19(2)26-17(24)15(18(25)27-19)14(11-6-4-3-5-7-11)13(10-22)16(23)12(8-20)9-21/h3-7,13-14,24H,23H2,1-2H3/t13-,14-/m1/s1. The molecule has 2 rings (SSSR count). The maximum absolute atomic E-state index is 12.6. The van der Waals surface area contributed by atoms with E-state index in [1.54, 1.807) is 42.5 Å². The first kappa shape index (κ1) is 19.4. The molecule has 0 unspecified atom stereocenters. The van der Waals surface area contributed by atoms with Gasteiger partial charge in [0.25, 0.3) is 11.7 Å². The lowest BCUT2D eigenvalue weighted by molar-refractivity contribution is -0.222. The van der Waals surface area contributed by atoms with Crippen LogP contribution in [-0.2, 0) is 14.3 Å². The smallest absolute Gasteiger partial charge is 0.345 e. The summed E-state index contributed by atoms with van der Waals surface area (Å²) >= 11 is 0. The number of nitrogens with zero attached hydrogens (tertiary/aromatic N) is 3. The van der Waals surface area contributed by atoms with Crippen molar-refractivity contribution in [2.45, 2.75) is 25.6 Å². The topological polar surface area (TPSA) is 153 Å². The molecule has 0 radical (unpaired) electrons. The second-order valence-corrected chi connectivity index (χ2v) is 6.16. The summed E-state index contributed by atoms with van der Waals surface area (Å²) in [4.78, 5) is 12.6. The summed E-state index contributed by atoms with van der Waals surface area (Å²) < 4.78 is 10.4. The van der Waals surface area contributed by atoms with E-state index in [9.17, 15) is 15.2 Å². The van der Waals surface area contributed by atoms with Crippen LogP contribution in [0.4, 0.5) is 0 Å². The quantitative estimate of drug-likeness (QED) is 0.609. The van der Waals surface area contributed by atoms with Crippen LogP contribution in [-0.4, -0.2) is 16.9 Å². The maximum atomic E-state index is 12.6. The highest BCUT2D eigenvalue weighted by molar-refractivity contribution is 5.91. The molecule has 136 valence electrons. The second-order valence-electron chi connectivity index (χ2n) is 6.16. The van der Waals surface area contributed by atoms with E-state index in [2.05, 4.69) is 0 Å². The zero-order chi connectivity index (χ0) is 20.2. The summed E-state index contributed by atoms with van der Waals surface area (Å²) in [5.74, 6) is -5.39. The lowest BCUT2D eigenvalue weighted by Gasteiger charge is -2.34. The summed E-state index contributed by atoms with van der Waals surface area (Å²) in [6.45, 7) is 2.88. The number of esters is 1. The number of nitriles is 3. The van der Waals surface area contributed by atoms with Gasteiger partial charge in [-0.3, -0.25) is 0 Å². The van der Waals surface area contributed by atoms with Crippen LogP contribution < -0.4 is 5.73 Å². The first-order valence-electron chi connectivity index (χ1n) is 7.85. The number of cyclic esters (lactones) is 1. The second kappa shape index (κ2) is 7.51. The summed E-state index contributed by atoms with van der Waals surface area (Å²) in [7, 11) is 0. The van der Waals surface area contributed by atoms with Crippen molar-refractivity contribution < 1.29 is 19.4 Å². The van der Waals surface area contributed by atoms with E-state index in [0.717, 1.165) is 0 Å². The van der Waals surface area contributed by atoms with E-state index < -0.39 is 35.1 Å². The third-order valence-electron chi connectivity index (χ3n) is 3.92. The lowest BCUT2D eigenvalue weighted by Crippen LogP contribution is -2.39. The number of hydrogen-bond acceptors (Lipinski definition) is 8. The summed E-state index contributed by atoms with van der Waals surface area (Å²) in [5, 5.41) is 38.2. The van der Waals surface area contributed by atoms with Gasteiger partial charge in [0.2, 0.25) is 0 Å². The Morgan fingerprint density at radius 1 is 1.15 bits per heavy atom. The molecule has 0 aliphatic carbocycles. The Morgan fingerprint density at radius 3 is 2.22 bits per heavy atom. The molecule has 3 N–H and O–H groups in total. The molecule has 0 saturated heterocycles. The molecule has 1 aromatic carbocycles. The van der Waals surface area contributed by atoms with Gasteiger partial charge in [-0.15, -0.1) is 0 Å². The minimum atomic E-state index is -1.39. The van der Waals surface area contributed by atoms with Gasteiger partial charge in [-0.25, -0.2) is 4.79 Å². The van der Waals surface area contributed by atoms with Gasteiger partial charge in [-0.2, -0.15) is 15.8 Å². The van der Waals surface area contributed by atoms with E-state index in [-0.39, 0.29) is 11.3 Å². The van der Waals surface area contributed by atoms with Crippen molar-refractivity contribution in [3.63, 3.8) is 0 Å². The van der Waals surface area contributed by atoms with Crippen LogP contribution in [0.5, 0.6) is 0 Å². The number of ether oxygens (including phenoxy) is 2. The van der Waals surface area contributed by atoms with Crippen molar-refractivity contribution in [2.24, 2.45) is 11.7 Å². The van der Waals surface area contributed by atoms with Crippen LogP contribution in [0.25, 0.3) is 0 Å². The molecule has 0 amide bonds. The van der Waals surface area contributed by atoms with Crippen LogP contribution >= 0.6 is 0 Å². The van der Waals surface area contributed by atoms with Gasteiger partial charge >= 0.3 is 5.97 Å². The Kier molecular flexibility index (Phi) is 5.39. The third kappa shape index (κ3) is 3.84. The summed E-state index contributed by atoms with van der Waals surface area (Å²) in [6.07, 6.45) is 0. The Hall–Kier alpha value is -3.96. The van der Waals surface area contributed by atoms with Crippen LogP contribution in [0.15, 0.2) is 53.1 Å². The number of aliphatic hydroxyl groups excluding tert-OH is 1. The zero-order valence-electron chi connectivity index (χ0n) is 14.6. The number of hydrogen-bond donors (Lipinski definition) is 2. The first-order valence-corrected chi connectivity index (χ1v) is 7.85. The highest BCUT2D eigenvalue weighted by Crippen LogP contribution is 2.40. The molecule has 1 heterocycles. The first-order chi connectivity index (χ1) is 12.8.